The summed E-state index contributed by atoms with van der Waals surface area (Å²) >= 11 is 0. The number of para-hydroxylation sites is 1. The van der Waals surface area contributed by atoms with Crippen LogP contribution in [0.2, 0.25) is 0 Å². The van der Waals surface area contributed by atoms with Gasteiger partial charge in [0.25, 0.3) is 0 Å². The number of nitrogens with two attached hydrogens (primary N) is 1. The van der Waals surface area contributed by atoms with Gasteiger partial charge in [0.05, 0.1) is 11.9 Å². The maximum atomic E-state index is 12.2. The molecule has 0 radical (unpaired) electrons. The number of carbonyl (C=O) groups is 2. The molecular formula is C18H23N5O2. The second-order valence-electron chi connectivity index (χ2n) is 6.27. The van der Waals surface area contributed by atoms with E-state index in [4.69, 9.17) is 5.73 Å². The zero-order valence-corrected chi connectivity index (χ0v) is 14.1. The van der Waals surface area contributed by atoms with Crippen molar-refractivity contribution in [3.63, 3.8) is 0 Å². The number of aromatic nitrogens is 2. The second-order valence-corrected chi connectivity index (χ2v) is 6.27. The number of hydrogen-bond donors (Lipinski definition) is 2. The van der Waals surface area contributed by atoms with E-state index in [1.165, 1.54) is 0 Å². The normalized spacial score (nSPS) is 15.1. The van der Waals surface area contributed by atoms with E-state index in [0.717, 1.165) is 17.7 Å². The summed E-state index contributed by atoms with van der Waals surface area (Å²) in [6.45, 7) is 1.68. The molecule has 1 aliphatic heterocycles. The number of rotatable bonds is 5. The van der Waals surface area contributed by atoms with Crippen molar-refractivity contribution in [1.29, 1.82) is 0 Å². The van der Waals surface area contributed by atoms with Gasteiger partial charge in [0.1, 0.15) is 0 Å². The number of amides is 3. The van der Waals surface area contributed by atoms with Gasteiger partial charge in [-0.05, 0) is 37.0 Å². The predicted molar refractivity (Wildman–Crippen MR) is 94.2 cm³/mol. The zero-order valence-electron chi connectivity index (χ0n) is 14.1. The molecule has 1 saturated heterocycles. The van der Waals surface area contributed by atoms with Crippen molar-refractivity contribution in [2.75, 3.05) is 19.6 Å². The van der Waals surface area contributed by atoms with Crippen LogP contribution in [0.5, 0.6) is 0 Å². The lowest BCUT2D eigenvalue weighted by Gasteiger charge is -2.29. The van der Waals surface area contributed by atoms with Crippen LogP contribution < -0.4 is 11.1 Å². The quantitative estimate of drug-likeness (QED) is 0.859. The van der Waals surface area contributed by atoms with E-state index in [1.807, 2.05) is 47.4 Å². The minimum absolute atomic E-state index is 0.0392. The summed E-state index contributed by atoms with van der Waals surface area (Å²) in [6.07, 6.45) is 5.87. The van der Waals surface area contributed by atoms with Gasteiger partial charge >= 0.3 is 6.03 Å². The molecule has 7 heteroatoms. The highest BCUT2D eigenvalue weighted by Crippen LogP contribution is 2.17. The second kappa shape index (κ2) is 7.83. The summed E-state index contributed by atoms with van der Waals surface area (Å²) < 4.78 is 1.83. The van der Waals surface area contributed by atoms with Crippen molar-refractivity contribution < 1.29 is 9.59 Å². The fourth-order valence-electron chi connectivity index (χ4n) is 3.05. The van der Waals surface area contributed by atoms with Crippen LogP contribution in [0.25, 0.3) is 5.69 Å². The van der Waals surface area contributed by atoms with E-state index in [-0.39, 0.29) is 11.8 Å². The maximum absolute atomic E-state index is 12.2. The summed E-state index contributed by atoms with van der Waals surface area (Å²) in [5.74, 6) is 0.0159. The number of carbonyl (C=O) groups excluding carboxylic acids is 2. The molecule has 0 bridgehead atoms. The number of piperidine rings is 1. The fourth-order valence-corrected chi connectivity index (χ4v) is 3.05. The Bertz CT molecular complexity index is 720. The highest BCUT2D eigenvalue weighted by Gasteiger charge is 2.25. The topological polar surface area (TPSA) is 93.2 Å². The highest BCUT2D eigenvalue weighted by molar-refractivity contribution is 5.79. The van der Waals surface area contributed by atoms with Crippen molar-refractivity contribution in [3.05, 3.63) is 48.3 Å². The van der Waals surface area contributed by atoms with Crippen LogP contribution in [0, 0.1) is 5.92 Å². The van der Waals surface area contributed by atoms with E-state index >= 15 is 0 Å². The number of nitrogens with one attached hydrogen (secondary N) is 1. The standard InChI is InChI=1S/C18H23N5O2/c19-18(25)22-10-7-15(8-11-22)17(24)20-9-6-14-12-21-23(13-14)16-4-2-1-3-5-16/h1-5,12-13,15H,6-11H2,(H2,19,25)(H,20,24). The molecule has 2 heterocycles. The van der Waals surface area contributed by atoms with Crippen molar-refractivity contribution in [1.82, 2.24) is 20.0 Å². The largest absolute Gasteiger partial charge is 0.356 e. The van der Waals surface area contributed by atoms with Crippen LogP contribution in [0.1, 0.15) is 18.4 Å². The first-order valence-electron chi connectivity index (χ1n) is 8.54. The first-order chi connectivity index (χ1) is 12.1. The molecule has 1 aromatic heterocycles. The van der Waals surface area contributed by atoms with Crippen LogP contribution >= 0.6 is 0 Å². The molecule has 132 valence electrons. The van der Waals surface area contributed by atoms with E-state index in [2.05, 4.69) is 10.4 Å². The van der Waals surface area contributed by atoms with Gasteiger partial charge in [-0.3, -0.25) is 4.79 Å². The summed E-state index contributed by atoms with van der Waals surface area (Å²) in [5.41, 5.74) is 7.35. The third-order valence-corrected chi connectivity index (χ3v) is 4.55. The molecule has 25 heavy (non-hydrogen) atoms. The number of likely N-dealkylation sites (tertiary alicyclic amines) is 1. The van der Waals surface area contributed by atoms with Crippen LogP contribution in [-0.2, 0) is 11.2 Å². The summed E-state index contributed by atoms with van der Waals surface area (Å²) in [6, 6.07) is 9.50. The third-order valence-electron chi connectivity index (χ3n) is 4.55. The van der Waals surface area contributed by atoms with Gasteiger partial charge in [0.15, 0.2) is 0 Å². The van der Waals surface area contributed by atoms with Crippen LogP contribution in [-0.4, -0.2) is 46.3 Å². The first-order valence-corrected chi connectivity index (χ1v) is 8.54. The van der Waals surface area contributed by atoms with Gasteiger partial charge in [-0.2, -0.15) is 5.10 Å². The molecular weight excluding hydrogens is 318 g/mol. The Hall–Kier alpha value is -2.83. The van der Waals surface area contributed by atoms with Gasteiger partial charge in [0.2, 0.25) is 5.91 Å². The molecule has 2 aromatic rings. The van der Waals surface area contributed by atoms with Gasteiger partial charge < -0.3 is 16.0 Å². The summed E-state index contributed by atoms with van der Waals surface area (Å²) in [7, 11) is 0. The molecule has 0 atom stereocenters. The van der Waals surface area contributed by atoms with Crippen molar-refractivity contribution in [2.24, 2.45) is 11.7 Å². The lowest BCUT2D eigenvalue weighted by Crippen LogP contribution is -2.45. The first kappa shape index (κ1) is 17.0. The molecule has 1 aromatic carbocycles. The SMILES string of the molecule is NC(=O)N1CCC(C(=O)NCCc2cnn(-c3ccccc3)c2)CC1. The molecule has 1 aliphatic rings. The molecule has 1 fully saturated rings. The lowest BCUT2D eigenvalue weighted by molar-refractivity contribution is -0.126. The highest BCUT2D eigenvalue weighted by atomic mass is 16.2. The number of primary amides is 1. The third kappa shape index (κ3) is 4.37. The van der Waals surface area contributed by atoms with E-state index in [1.54, 1.807) is 4.90 Å². The maximum Gasteiger partial charge on any atom is 0.314 e. The number of hydrogen-bond acceptors (Lipinski definition) is 3. The Morgan fingerprint density at radius 3 is 2.60 bits per heavy atom. The lowest BCUT2D eigenvalue weighted by atomic mass is 9.96. The minimum atomic E-state index is -0.408. The van der Waals surface area contributed by atoms with Crippen molar-refractivity contribution in [3.8, 4) is 5.69 Å². The summed E-state index contributed by atoms with van der Waals surface area (Å²) in [4.78, 5) is 24.9. The Balaban J connectivity index is 1.43. The average molecular weight is 341 g/mol. The van der Waals surface area contributed by atoms with Crippen molar-refractivity contribution in [2.45, 2.75) is 19.3 Å². The van der Waals surface area contributed by atoms with Crippen LogP contribution in [0.4, 0.5) is 4.79 Å². The average Bonchev–Trinajstić information content (AvgIpc) is 3.11. The summed E-state index contributed by atoms with van der Waals surface area (Å²) in [5, 5.41) is 7.34. The molecule has 3 rings (SSSR count). The van der Waals surface area contributed by atoms with Gasteiger partial charge in [0, 0.05) is 31.7 Å². The monoisotopic (exact) mass is 341 g/mol. The van der Waals surface area contributed by atoms with Gasteiger partial charge in [-0.15, -0.1) is 0 Å². The molecule has 7 nitrogen and oxygen atoms in total. The number of urea groups is 1. The van der Waals surface area contributed by atoms with Gasteiger partial charge in [-0.1, -0.05) is 18.2 Å². The Morgan fingerprint density at radius 1 is 1.20 bits per heavy atom. The Kier molecular flexibility index (Phi) is 5.33. The minimum Gasteiger partial charge on any atom is -0.356 e. The molecule has 0 aliphatic carbocycles. The van der Waals surface area contributed by atoms with Crippen LogP contribution in [0.15, 0.2) is 42.7 Å². The van der Waals surface area contributed by atoms with E-state index in [0.29, 0.717) is 32.5 Å². The van der Waals surface area contributed by atoms with Crippen LogP contribution in [0.3, 0.4) is 0 Å². The molecule has 0 saturated carbocycles. The Morgan fingerprint density at radius 2 is 1.92 bits per heavy atom. The number of benzene rings is 1. The smallest absolute Gasteiger partial charge is 0.314 e. The molecule has 3 amide bonds. The number of nitrogens with zero attached hydrogens (tertiary/aromatic N) is 3. The van der Waals surface area contributed by atoms with E-state index < -0.39 is 6.03 Å². The molecule has 3 N–H and O–H groups in total. The fraction of sp³-hybridized carbons (Fsp3) is 0.389. The molecule has 0 spiro atoms. The van der Waals surface area contributed by atoms with Gasteiger partial charge in [-0.25, -0.2) is 9.48 Å². The predicted octanol–water partition coefficient (Wildman–Crippen LogP) is 1.32. The van der Waals surface area contributed by atoms with E-state index in [9.17, 15) is 9.59 Å². The zero-order chi connectivity index (χ0) is 17.6. The van der Waals surface area contributed by atoms with Crippen molar-refractivity contribution >= 4 is 11.9 Å². The Labute approximate surface area is 146 Å². The molecule has 0 unspecified atom stereocenters.